The number of carbonyl (C=O) groups is 1. The first-order valence-corrected chi connectivity index (χ1v) is 6.60. The zero-order valence-corrected chi connectivity index (χ0v) is 11.1. The first-order valence-electron chi connectivity index (χ1n) is 6.60. The van der Waals surface area contributed by atoms with Crippen molar-refractivity contribution in [1.82, 2.24) is 5.32 Å². The molecule has 0 aromatic heterocycles. The van der Waals surface area contributed by atoms with Crippen molar-refractivity contribution in [2.75, 3.05) is 19.7 Å². The molecule has 0 heterocycles. The molecule has 0 fully saturated rings. The van der Waals surface area contributed by atoms with E-state index >= 15 is 0 Å². The lowest BCUT2D eigenvalue weighted by molar-refractivity contribution is -0.145. The van der Waals surface area contributed by atoms with Crippen molar-refractivity contribution < 1.29 is 9.53 Å². The Bertz CT molecular complexity index is 171. The summed E-state index contributed by atoms with van der Waals surface area (Å²) in [6, 6.07) is 0. The number of rotatable bonds is 10. The Morgan fingerprint density at radius 2 is 2.06 bits per heavy atom. The Labute approximate surface area is 99.9 Å². The number of hydrogen-bond acceptors (Lipinski definition) is 3. The fraction of sp³-hybridized carbons (Fsp3) is 0.923. The summed E-state index contributed by atoms with van der Waals surface area (Å²) in [5.41, 5.74) is 0. The molecule has 0 spiro atoms. The van der Waals surface area contributed by atoms with Gasteiger partial charge in [0.15, 0.2) is 0 Å². The van der Waals surface area contributed by atoms with Gasteiger partial charge >= 0.3 is 5.97 Å². The monoisotopic (exact) mass is 229 g/mol. The summed E-state index contributed by atoms with van der Waals surface area (Å²) in [4.78, 5) is 11.3. The first kappa shape index (κ1) is 15.4. The molecule has 96 valence electrons. The molecule has 0 aliphatic heterocycles. The van der Waals surface area contributed by atoms with Crippen LogP contribution in [0.1, 0.15) is 52.9 Å². The molecule has 0 aliphatic rings. The first-order chi connectivity index (χ1) is 7.74. The minimum Gasteiger partial charge on any atom is -0.465 e. The summed E-state index contributed by atoms with van der Waals surface area (Å²) in [6.07, 6.45) is 5.20. The van der Waals surface area contributed by atoms with Gasteiger partial charge in [0.2, 0.25) is 0 Å². The van der Waals surface area contributed by atoms with Crippen LogP contribution in [0.3, 0.4) is 0 Å². The standard InChI is InChI=1S/C13H27NO2/c1-4-7-8-12(5-2)11-16-13(15)9-10-14-6-3/h12,14H,4-11H2,1-3H3. The Morgan fingerprint density at radius 1 is 1.31 bits per heavy atom. The maximum Gasteiger partial charge on any atom is 0.307 e. The molecule has 0 radical (unpaired) electrons. The molecule has 3 heteroatoms. The predicted molar refractivity (Wildman–Crippen MR) is 67.4 cm³/mol. The molecule has 1 N–H and O–H groups in total. The van der Waals surface area contributed by atoms with E-state index in [2.05, 4.69) is 19.2 Å². The Morgan fingerprint density at radius 3 is 2.62 bits per heavy atom. The maximum absolute atomic E-state index is 11.3. The highest BCUT2D eigenvalue weighted by atomic mass is 16.5. The van der Waals surface area contributed by atoms with Crippen LogP contribution in [0.25, 0.3) is 0 Å². The molecule has 0 aliphatic carbocycles. The van der Waals surface area contributed by atoms with Crippen LogP contribution >= 0.6 is 0 Å². The van der Waals surface area contributed by atoms with Crippen molar-refractivity contribution in [2.45, 2.75) is 52.9 Å². The van der Waals surface area contributed by atoms with E-state index in [1.165, 1.54) is 19.3 Å². The summed E-state index contributed by atoms with van der Waals surface area (Å²) in [6.45, 7) is 8.61. The van der Waals surface area contributed by atoms with Crippen LogP contribution in [0.5, 0.6) is 0 Å². The summed E-state index contributed by atoms with van der Waals surface area (Å²) in [5.74, 6) is 0.471. The third-order valence-corrected chi connectivity index (χ3v) is 2.78. The van der Waals surface area contributed by atoms with Crippen LogP contribution < -0.4 is 5.32 Å². The molecule has 0 amide bonds. The second-order valence-electron chi connectivity index (χ2n) is 4.20. The highest BCUT2D eigenvalue weighted by Gasteiger charge is 2.09. The lowest BCUT2D eigenvalue weighted by Crippen LogP contribution is -2.20. The van der Waals surface area contributed by atoms with Gasteiger partial charge < -0.3 is 10.1 Å². The number of hydrogen-bond donors (Lipinski definition) is 1. The zero-order chi connectivity index (χ0) is 12.2. The van der Waals surface area contributed by atoms with E-state index in [-0.39, 0.29) is 5.97 Å². The van der Waals surface area contributed by atoms with Crippen LogP contribution in [0.2, 0.25) is 0 Å². The molecule has 1 unspecified atom stereocenters. The normalized spacial score (nSPS) is 12.4. The Balaban J connectivity index is 3.54. The molecule has 1 atom stereocenters. The molecular weight excluding hydrogens is 202 g/mol. The van der Waals surface area contributed by atoms with Crippen molar-refractivity contribution in [3.8, 4) is 0 Å². The molecule has 16 heavy (non-hydrogen) atoms. The van der Waals surface area contributed by atoms with E-state index in [0.29, 0.717) is 18.9 Å². The SMILES string of the molecule is CCCCC(CC)COC(=O)CCNCC. The van der Waals surface area contributed by atoms with E-state index in [1.807, 2.05) is 6.92 Å². The van der Waals surface area contributed by atoms with E-state index in [0.717, 1.165) is 19.5 Å². The molecule has 0 saturated heterocycles. The fourth-order valence-corrected chi connectivity index (χ4v) is 1.55. The second-order valence-corrected chi connectivity index (χ2v) is 4.20. The summed E-state index contributed by atoms with van der Waals surface area (Å²) in [5, 5.41) is 3.11. The zero-order valence-electron chi connectivity index (χ0n) is 11.1. The third kappa shape index (κ3) is 8.72. The van der Waals surface area contributed by atoms with Crippen molar-refractivity contribution in [2.24, 2.45) is 5.92 Å². The number of nitrogens with one attached hydrogen (secondary N) is 1. The average molecular weight is 229 g/mol. The van der Waals surface area contributed by atoms with Crippen molar-refractivity contribution in [3.63, 3.8) is 0 Å². The van der Waals surface area contributed by atoms with Gasteiger partial charge in [0.05, 0.1) is 13.0 Å². The summed E-state index contributed by atoms with van der Waals surface area (Å²) < 4.78 is 5.26. The Hall–Kier alpha value is -0.570. The van der Waals surface area contributed by atoms with Gasteiger partial charge in [0, 0.05) is 6.54 Å². The molecule has 0 rings (SSSR count). The van der Waals surface area contributed by atoms with Gasteiger partial charge in [-0.2, -0.15) is 0 Å². The van der Waals surface area contributed by atoms with Crippen molar-refractivity contribution in [3.05, 3.63) is 0 Å². The van der Waals surface area contributed by atoms with Gasteiger partial charge in [-0.05, 0) is 18.9 Å². The van der Waals surface area contributed by atoms with E-state index < -0.39 is 0 Å². The van der Waals surface area contributed by atoms with E-state index in [9.17, 15) is 4.79 Å². The van der Waals surface area contributed by atoms with Crippen LogP contribution in [0, 0.1) is 5.92 Å². The number of ether oxygens (including phenoxy) is 1. The van der Waals surface area contributed by atoms with Gasteiger partial charge in [-0.3, -0.25) is 4.79 Å². The number of esters is 1. The maximum atomic E-state index is 11.3. The average Bonchev–Trinajstić information content (AvgIpc) is 2.30. The van der Waals surface area contributed by atoms with Crippen LogP contribution in [0.4, 0.5) is 0 Å². The van der Waals surface area contributed by atoms with Crippen LogP contribution in [-0.2, 0) is 9.53 Å². The van der Waals surface area contributed by atoms with E-state index in [1.54, 1.807) is 0 Å². The largest absolute Gasteiger partial charge is 0.465 e. The van der Waals surface area contributed by atoms with Gasteiger partial charge in [-0.1, -0.05) is 40.0 Å². The van der Waals surface area contributed by atoms with Gasteiger partial charge in [0.1, 0.15) is 0 Å². The molecule has 0 bridgehead atoms. The molecule has 0 aromatic rings. The van der Waals surface area contributed by atoms with Crippen molar-refractivity contribution >= 4 is 5.97 Å². The lowest BCUT2D eigenvalue weighted by Gasteiger charge is -2.14. The number of carbonyl (C=O) groups excluding carboxylic acids is 1. The van der Waals surface area contributed by atoms with Crippen LogP contribution in [-0.4, -0.2) is 25.7 Å². The molecule has 0 saturated carbocycles. The van der Waals surface area contributed by atoms with E-state index in [4.69, 9.17) is 4.74 Å². The summed E-state index contributed by atoms with van der Waals surface area (Å²) in [7, 11) is 0. The predicted octanol–water partition coefficient (Wildman–Crippen LogP) is 2.75. The topological polar surface area (TPSA) is 38.3 Å². The minimum atomic E-state index is -0.0732. The van der Waals surface area contributed by atoms with Gasteiger partial charge in [0.25, 0.3) is 0 Å². The lowest BCUT2D eigenvalue weighted by atomic mass is 10.0. The highest BCUT2D eigenvalue weighted by molar-refractivity contribution is 5.69. The van der Waals surface area contributed by atoms with Crippen LogP contribution in [0.15, 0.2) is 0 Å². The minimum absolute atomic E-state index is 0.0732. The third-order valence-electron chi connectivity index (χ3n) is 2.78. The molecular formula is C13H27NO2. The van der Waals surface area contributed by atoms with Gasteiger partial charge in [-0.15, -0.1) is 0 Å². The quantitative estimate of drug-likeness (QED) is 0.462. The fourth-order valence-electron chi connectivity index (χ4n) is 1.55. The Kier molecular flexibility index (Phi) is 10.5. The van der Waals surface area contributed by atoms with Gasteiger partial charge in [-0.25, -0.2) is 0 Å². The molecule has 3 nitrogen and oxygen atoms in total. The smallest absolute Gasteiger partial charge is 0.307 e. The molecule has 0 aromatic carbocycles. The highest BCUT2D eigenvalue weighted by Crippen LogP contribution is 2.12. The second kappa shape index (κ2) is 10.9. The summed E-state index contributed by atoms with van der Waals surface area (Å²) >= 11 is 0. The number of unbranched alkanes of at least 4 members (excludes halogenated alkanes) is 1. The van der Waals surface area contributed by atoms with Crippen molar-refractivity contribution in [1.29, 1.82) is 0 Å².